The summed E-state index contributed by atoms with van der Waals surface area (Å²) in [5, 5.41) is 0. The highest BCUT2D eigenvalue weighted by Gasteiger charge is 2.31. The third kappa shape index (κ3) is 5.78. The van der Waals surface area contributed by atoms with E-state index in [9.17, 15) is 8.42 Å². The van der Waals surface area contributed by atoms with E-state index in [2.05, 4.69) is 25.5 Å². The van der Waals surface area contributed by atoms with Gasteiger partial charge in [-0.2, -0.15) is 0 Å². The van der Waals surface area contributed by atoms with Gasteiger partial charge in [-0.25, -0.2) is 13.1 Å². The second-order valence-corrected chi connectivity index (χ2v) is 11.0. The lowest BCUT2D eigenvalue weighted by molar-refractivity contribution is 0.269. The van der Waals surface area contributed by atoms with Crippen LogP contribution in [0.2, 0.25) is 0 Å². The molecular formula is C19H33NO3S. The van der Waals surface area contributed by atoms with E-state index < -0.39 is 15.6 Å². The minimum Gasteiger partial charge on any atom is -0.496 e. The Hall–Kier alpha value is -1.07. The van der Waals surface area contributed by atoms with Gasteiger partial charge in [-0.1, -0.05) is 41.5 Å². The fourth-order valence-electron chi connectivity index (χ4n) is 3.22. The van der Waals surface area contributed by atoms with Gasteiger partial charge in [0.05, 0.1) is 12.0 Å². The molecule has 138 valence electrons. The lowest BCUT2D eigenvalue weighted by Crippen LogP contribution is -2.45. The summed E-state index contributed by atoms with van der Waals surface area (Å²) >= 11 is 0. The fraction of sp³-hybridized carbons (Fsp3) is 0.684. The van der Waals surface area contributed by atoms with Crippen molar-refractivity contribution >= 4 is 10.0 Å². The average Bonchev–Trinajstić information content (AvgIpc) is 2.32. The molecule has 0 radical (unpaired) electrons. The Morgan fingerprint density at radius 1 is 1.00 bits per heavy atom. The number of sulfonamides is 1. The first-order chi connectivity index (χ1) is 10.6. The van der Waals surface area contributed by atoms with Gasteiger partial charge < -0.3 is 4.74 Å². The van der Waals surface area contributed by atoms with Crippen molar-refractivity contribution in [2.75, 3.05) is 7.11 Å². The zero-order valence-corrected chi connectivity index (χ0v) is 17.4. The van der Waals surface area contributed by atoms with Crippen LogP contribution in [0.5, 0.6) is 5.75 Å². The lowest BCUT2D eigenvalue weighted by atomic mass is 9.82. The predicted molar refractivity (Wildman–Crippen MR) is 100 cm³/mol. The van der Waals surface area contributed by atoms with Crippen LogP contribution in [0.25, 0.3) is 0 Å². The van der Waals surface area contributed by atoms with Gasteiger partial charge >= 0.3 is 0 Å². The molecule has 0 amide bonds. The summed E-state index contributed by atoms with van der Waals surface area (Å²) in [5.41, 5.74) is 0.167. The third-order valence-corrected chi connectivity index (χ3v) is 5.37. The quantitative estimate of drug-likeness (QED) is 0.847. The van der Waals surface area contributed by atoms with Gasteiger partial charge in [0.15, 0.2) is 0 Å². The van der Waals surface area contributed by atoms with Gasteiger partial charge in [0, 0.05) is 11.1 Å². The van der Waals surface area contributed by atoms with E-state index in [1.807, 2.05) is 34.6 Å². The molecule has 4 nitrogen and oxygen atoms in total. The first-order valence-electron chi connectivity index (χ1n) is 8.30. The Morgan fingerprint density at radius 3 is 1.96 bits per heavy atom. The maximum atomic E-state index is 12.9. The van der Waals surface area contributed by atoms with E-state index in [0.717, 1.165) is 12.0 Å². The highest BCUT2D eigenvalue weighted by molar-refractivity contribution is 7.89. The summed E-state index contributed by atoms with van der Waals surface area (Å²) in [6, 6.07) is 5.05. The van der Waals surface area contributed by atoms with Crippen molar-refractivity contribution in [3.05, 3.63) is 23.8 Å². The average molecular weight is 356 g/mol. The second kappa shape index (κ2) is 6.68. The number of ether oxygens (including phenoxy) is 1. The molecule has 0 aromatic heterocycles. The standard InChI is InChI=1S/C19H33NO3S/c1-17(2,3)13-19(7,8)20-24(21,22)14-10-11-16(23-9)15(12-14)18(4,5)6/h10-12,20H,13H2,1-9H3. The summed E-state index contributed by atoms with van der Waals surface area (Å²) in [6.07, 6.45) is 0.738. The van der Waals surface area contributed by atoms with E-state index >= 15 is 0 Å². The van der Waals surface area contributed by atoms with Crippen LogP contribution in [-0.2, 0) is 15.4 Å². The molecule has 0 spiro atoms. The Morgan fingerprint density at radius 2 is 1.54 bits per heavy atom. The molecule has 0 aliphatic rings. The van der Waals surface area contributed by atoms with Crippen molar-refractivity contribution in [1.29, 1.82) is 0 Å². The highest BCUT2D eigenvalue weighted by Crippen LogP contribution is 2.34. The topological polar surface area (TPSA) is 55.4 Å². The molecule has 0 heterocycles. The van der Waals surface area contributed by atoms with Crippen LogP contribution in [0.15, 0.2) is 23.1 Å². The minimum absolute atomic E-state index is 0.0303. The molecule has 5 heteroatoms. The number of methoxy groups -OCH3 is 1. The minimum atomic E-state index is -3.60. The Kier molecular flexibility index (Phi) is 5.84. The third-order valence-electron chi connectivity index (χ3n) is 3.67. The second-order valence-electron chi connectivity index (χ2n) is 9.34. The van der Waals surface area contributed by atoms with E-state index in [1.54, 1.807) is 25.3 Å². The van der Waals surface area contributed by atoms with Crippen LogP contribution < -0.4 is 9.46 Å². The van der Waals surface area contributed by atoms with Gasteiger partial charge in [-0.15, -0.1) is 0 Å². The maximum Gasteiger partial charge on any atom is 0.241 e. The molecule has 0 saturated heterocycles. The smallest absolute Gasteiger partial charge is 0.241 e. The van der Waals surface area contributed by atoms with Crippen molar-refractivity contribution in [1.82, 2.24) is 4.72 Å². The highest BCUT2D eigenvalue weighted by atomic mass is 32.2. The SMILES string of the molecule is COc1ccc(S(=O)(=O)NC(C)(C)CC(C)(C)C)cc1C(C)(C)C. The van der Waals surface area contributed by atoms with Crippen molar-refractivity contribution < 1.29 is 13.2 Å². The first kappa shape index (κ1) is 21.0. The molecule has 0 bridgehead atoms. The molecule has 0 atom stereocenters. The zero-order chi connectivity index (χ0) is 19.0. The summed E-state index contributed by atoms with van der Waals surface area (Å²) in [6.45, 7) is 16.3. The first-order valence-corrected chi connectivity index (χ1v) is 9.78. The van der Waals surface area contributed by atoms with Crippen molar-refractivity contribution in [2.45, 2.75) is 77.7 Å². The van der Waals surface area contributed by atoms with Crippen LogP contribution >= 0.6 is 0 Å². The molecule has 0 aliphatic heterocycles. The largest absolute Gasteiger partial charge is 0.496 e. The van der Waals surface area contributed by atoms with Crippen LogP contribution in [0.1, 0.15) is 67.4 Å². The number of hydrogen-bond donors (Lipinski definition) is 1. The van der Waals surface area contributed by atoms with E-state index in [4.69, 9.17) is 4.74 Å². The molecule has 1 N–H and O–H groups in total. The van der Waals surface area contributed by atoms with E-state index in [-0.39, 0.29) is 15.7 Å². The van der Waals surface area contributed by atoms with Crippen LogP contribution in [0, 0.1) is 5.41 Å². The lowest BCUT2D eigenvalue weighted by Gasteiger charge is -2.33. The molecule has 0 aliphatic carbocycles. The number of hydrogen-bond acceptors (Lipinski definition) is 3. The molecule has 0 fully saturated rings. The Balaban J connectivity index is 3.25. The molecular weight excluding hydrogens is 322 g/mol. The van der Waals surface area contributed by atoms with Gasteiger partial charge in [-0.05, 0) is 49.3 Å². The van der Waals surface area contributed by atoms with Crippen LogP contribution in [0.4, 0.5) is 0 Å². The zero-order valence-electron chi connectivity index (χ0n) is 16.6. The van der Waals surface area contributed by atoms with Gasteiger partial charge in [0.25, 0.3) is 0 Å². The molecule has 1 aromatic carbocycles. The number of benzene rings is 1. The Bertz CT molecular complexity index is 678. The fourth-order valence-corrected chi connectivity index (χ4v) is 4.66. The molecule has 1 rings (SSSR count). The summed E-state index contributed by atoms with van der Waals surface area (Å²) < 4.78 is 34.0. The van der Waals surface area contributed by atoms with E-state index in [0.29, 0.717) is 5.75 Å². The van der Waals surface area contributed by atoms with Crippen molar-refractivity contribution in [3.8, 4) is 5.75 Å². The maximum absolute atomic E-state index is 12.9. The van der Waals surface area contributed by atoms with Crippen molar-refractivity contribution in [3.63, 3.8) is 0 Å². The Labute approximate surface area is 148 Å². The summed E-state index contributed by atoms with van der Waals surface area (Å²) in [4.78, 5) is 0.273. The monoisotopic (exact) mass is 355 g/mol. The van der Waals surface area contributed by atoms with E-state index in [1.165, 1.54) is 0 Å². The molecule has 0 unspecified atom stereocenters. The van der Waals surface area contributed by atoms with Gasteiger partial charge in [0.1, 0.15) is 5.75 Å². The normalized spacial score (nSPS) is 13.9. The van der Waals surface area contributed by atoms with Crippen molar-refractivity contribution in [2.24, 2.45) is 5.41 Å². The molecule has 24 heavy (non-hydrogen) atoms. The van der Waals surface area contributed by atoms with Gasteiger partial charge in [-0.3, -0.25) is 0 Å². The number of rotatable bonds is 5. The van der Waals surface area contributed by atoms with Gasteiger partial charge in [0.2, 0.25) is 10.0 Å². The predicted octanol–water partition coefficient (Wildman–Crippen LogP) is 4.49. The summed E-state index contributed by atoms with van der Waals surface area (Å²) in [5.74, 6) is 0.704. The van der Waals surface area contributed by atoms with Crippen LogP contribution in [-0.4, -0.2) is 21.1 Å². The molecule has 0 saturated carbocycles. The van der Waals surface area contributed by atoms with Crippen LogP contribution in [0.3, 0.4) is 0 Å². The summed E-state index contributed by atoms with van der Waals surface area (Å²) in [7, 11) is -2.00. The molecule has 1 aromatic rings. The number of nitrogens with one attached hydrogen (secondary N) is 1.